The predicted molar refractivity (Wildman–Crippen MR) is 140 cm³/mol. The number of amides is 1. The molecule has 3 N–H and O–H groups in total. The molecule has 0 spiro atoms. The number of hydrogen-bond acceptors (Lipinski definition) is 6. The van der Waals surface area contributed by atoms with Gasteiger partial charge in [-0.2, -0.15) is 0 Å². The normalized spacial score (nSPS) is 20.1. The fourth-order valence-electron chi connectivity index (χ4n) is 4.89. The Balaban J connectivity index is 1.65. The van der Waals surface area contributed by atoms with E-state index in [1.807, 2.05) is 6.92 Å². The van der Waals surface area contributed by atoms with Crippen molar-refractivity contribution in [2.24, 2.45) is 5.92 Å². The Hall–Kier alpha value is -3.36. The van der Waals surface area contributed by atoms with Crippen molar-refractivity contribution in [3.63, 3.8) is 0 Å². The minimum Gasteiger partial charge on any atom is -0.508 e. The molecule has 0 aliphatic carbocycles. The van der Waals surface area contributed by atoms with Crippen LogP contribution in [0.15, 0.2) is 48.0 Å². The summed E-state index contributed by atoms with van der Waals surface area (Å²) >= 11 is 0. The number of phenols is 1. The molecule has 2 aromatic rings. The number of aryl methyl sites for hydroxylation is 1. The largest absolute Gasteiger partial charge is 0.508 e. The highest BCUT2D eigenvalue weighted by atomic mass is 16.5. The average Bonchev–Trinajstić information content (AvgIpc) is 3.13. The number of ether oxygens (including phenoxy) is 2. The molecule has 8 nitrogen and oxygen atoms in total. The molecule has 2 heterocycles. The number of likely N-dealkylation sites (tertiary alicyclic amines) is 1. The van der Waals surface area contributed by atoms with E-state index in [-0.39, 0.29) is 17.1 Å². The van der Waals surface area contributed by atoms with E-state index >= 15 is 0 Å². The second-order valence-electron chi connectivity index (χ2n) is 10.2. The maximum atomic E-state index is 13.3. The first-order valence-electron chi connectivity index (χ1n) is 13.0. The zero-order valence-electron chi connectivity index (χ0n) is 21.8. The van der Waals surface area contributed by atoms with Crippen molar-refractivity contribution in [2.45, 2.75) is 33.2 Å². The summed E-state index contributed by atoms with van der Waals surface area (Å²) in [6, 6.07) is 11.0. The molecule has 1 atom stereocenters. The van der Waals surface area contributed by atoms with Gasteiger partial charge in [-0.3, -0.25) is 9.59 Å². The highest BCUT2D eigenvalue weighted by molar-refractivity contribution is 6.46. The number of nitrogens with one attached hydrogen (secondary N) is 1. The minimum atomic E-state index is -0.738. The standard InChI is InChI=1S/C29H36N2O6/c1-19(2)18-37-24-10-7-22(17-20(24)3)27(33)25-26(21-5-8-23(32)9-6-21)31(29(35)28(25)34)12-4-11-30-13-15-36-16-14-30/h5-10,17,19,26,32-33H,4,11-16,18H2,1-3H3/p+1. The summed E-state index contributed by atoms with van der Waals surface area (Å²) < 4.78 is 11.3. The summed E-state index contributed by atoms with van der Waals surface area (Å²) in [5, 5.41) is 21.2. The van der Waals surface area contributed by atoms with E-state index in [2.05, 4.69) is 13.8 Å². The van der Waals surface area contributed by atoms with Crippen LogP contribution in [-0.2, 0) is 14.3 Å². The van der Waals surface area contributed by atoms with Crippen LogP contribution >= 0.6 is 0 Å². The lowest BCUT2D eigenvalue weighted by Gasteiger charge is -2.27. The van der Waals surface area contributed by atoms with Crippen molar-refractivity contribution in [3.8, 4) is 11.5 Å². The maximum Gasteiger partial charge on any atom is 0.295 e. The number of carbonyl (C=O) groups excluding carboxylic acids is 2. The summed E-state index contributed by atoms with van der Waals surface area (Å²) in [7, 11) is 0. The molecule has 2 saturated heterocycles. The molecule has 4 rings (SSSR count). The number of aliphatic hydroxyl groups is 1. The molecule has 1 unspecified atom stereocenters. The van der Waals surface area contributed by atoms with Crippen molar-refractivity contribution < 1.29 is 34.2 Å². The van der Waals surface area contributed by atoms with E-state index in [1.54, 1.807) is 35.2 Å². The molecule has 0 aromatic heterocycles. The highest BCUT2D eigenvalue weighted by Gasteiger charge is 2.46. The highest BCUT2D eigenvalue weighted by Crippen LogP contribution is 2.40. The lowest BCUT2D eigenvalue weighted by molar-refractivity contribution is -0.908. The molecular formula is C29H37N2O6+. The molecule has 2 aliphatic rings. The van der Waals surface area contributed by atoms with E-state index in [4.69, 9.17) is 9.47 Å². The molecule has 0 saturated carbocycles. The van der Waals surface area contributed by atoms with Gasteiger partial charge >= 0.3 is 0 Å². The van der Waals surface area contributed by atoms with Crippen LogP contribution in [0, 0.1) is 12.8 Å². The van der Waals surface area contributed by atoms with Crippen LogP contribution < -0.4 is 9.64 Å². The summed E-state index contributed by atoms with van der Waals surface area (Å²) in [6.45, 7) is 11.2. The summed E-state index contributed by atoms with van der Waals surface area (Å²) in [5.41, 5.74) is 2.00. The Kier molecular flexibility index (Phi) is 8.51. The topological polar surface area (TPSA) is 101 Å². The molecular weight excluding hydrogens is 472 g/mol. The van der Waals surface area contributed by atoms with Gasteiger partial charge in [0.15, 0.2) is 0 Å². The zero-order chi connectivity index (χ0) is 26.5. The maximum absolute atomic E-state index is 13.3. The number of nitrogens with zero attached hydrogens (tertiary/aromatic N) is 1. The third-order valence-corrected chi connectivity index (χ3v) is 6.90. The summed E-state index contributed by atoms with van der Waals surface area (Å²) in [5.74, 6) is -0.359. The summed E-state index contributed by atoms with van der Waals surface area (Å²) in [6.07, 6.45) is 0.720. The third kappa shape index (κ3) is 6.14. The zero-order valence-corrected chi connectivity index (χ0v) is 21.8. The Morgan fingerprint density at radius 2 is 1.84 bits per heavy atom. The van der Waals surface area contributed by atoms with Crippen molar-refractivity contribution >= 4 is 17.4 Å². The summed E-state index contributed by atoms with van der Waals surface area (Å²) in [4.78, 5) is 29.4. The Labute approximate surface area is 218 Å². The van der Waals surface area contributed by atoms with Gasteiger partial charge in [0, 0.05) is 18.5 Å². The van der Waals surface area contributed by atoms with Crippen molar-refractivity contribution in [1.29, 1.82) is 0 Å². The quantitative estimate of drug-likeness (QED) is 0.273. The first-order chi connectivity index (χ1) is 17.8. The second kappa shape index (κ2) is 11.8. The van der Waals surface area contributed by atoms with Crippen molar-refractivity contribution in [1.82, 2.24) is 4.90 Å². The third-order valence-electron chi connectivity index (χ3n) is 6.90. The lowest BCUT2D eigenvalue weighted by atomic mass is 9.94. The molecule has 0 bridgehead atoms. The van der Waals surface area contributed by atoms with Crippen molar-refractivity contribution in [3.05, 3.63) is 64.7 Å². The monoisotopic (exact) mass is 509 g/mol. The number of phenolic OH excluding ortho intramolecular Hbond substituents is 1. The SMILES string of the molecule is Cc1cc(C(O)=C2C(=O)C(=O)N(CCC[NH+]3CCOCC3)C2c2ccc(O)cc2)ccc1OCC(C)C. The van der Waals surface area contributed by atoms with Crippen LogP contribution in [0.3, 0.4) is 0 Å². The molecule has 0 radical (unpaired) electrons. The fraction of sp³-hybridized carbons (Fsp3) is 0.448. The number of morpholine rings is 1. The van der Waals surface area contributed by atoms with E-state index < -0.39 is 17.7 Å². The van der Waals surface area contributed by atoms with E-state index in [0.29, 0.717) is 35.9 Å². The number of benzene rings is 2. The van der Waals surface area contributed by atoms with E-state index in [0.717, 1.165) is 44.8 Å². The predicted octanol–water partition coefficient (Wildman–Crippen LogP) is 2.46. The van der Waals surface area contributed by atoms with Gasteiger partial charge in [0.2, 0.25) is 0 Å². The number of ketones is 1. The van der Waals surface area contributed by atoms with Gasteiger partial charge in [0.1, 0.15) is 30.3 Å². The van der Waals surface area contributed by atoms with Gasteiger partial charge in [-0.05, 0) is 54.3 Å². The molecule has 37 heavy (non-hydrogen) atoms. The van der Waals surface area contributed by atoms with E-state index in [1.165, 1.54) is 17.0 Å². The Morgan fingerprint density at radius 1 is 1.14 bits per heavy atom. The fourth-order valence-corrected chi connectivity index (χ4v) is 4.89. The number of rotatable bonds is 9. The van der Waals surface area contributed by atoms with Gasteiger partial charge < -0.3 is 29.5 Å². The van der Waals surface area contributed by atoms with Gasteiger partial charge in [-0.25, -0.2) is 0 Å². The minimum absolute atomic E-state index is 0.0599. The first kappa shape index (κ1) is 26.7. The lowest BCUT2D eigenvalue weighted by Crippen LogP contribution is -3.14. The molecule has 1 amide bonds. The molecule has 198 valence electrons. The number of carbonyl (C=O) groups is 2. The number of Topliss-reactive ketones (excluding diaryl/α,β-unsaturated/α-hetero) is 1. The van der Waals surface area contributed by atoms with Crippen LogP contribution in [0.5, 0.6) is 11.5 Å². The molecule has 2 fully saturated rings. The van der Waals surface area contributed by atoms with Crippen molar-refractivity contribution in [2.75, 3.05) is 46.0 Å². The van der Waals surface area contributed by atoms with Crippen LogP contribution in [-0.4, -0.2) is 72.8 Å². The number of hydrogen-bond donors (Lipinski definition) is 3. The van der Waals surface area contributed by atoms with Gasteiger partial charge in [-0.1, -0.05) is 26.0 Å². The number of quaternary nitrogens is 1. The van der Waals surface area contributed by atoms with Gasteiger partial charge in [0.05, 0.1) is 38.0 Å². The van der Waals surface area contributed by atoms with Gasteiger partial charge in [0.25, 0.3) is 11.7 Å². The van der Waals surface area contributed by atoms with Crippen LogP contribution in [0.4, 0.5) is 0 Å². The van der Waals surface area contributed by atoms with Crippen LogP contribution in [0.1, 0.15) is 43.0 Å². The van der Waals surface area contributed by atoms with E-state index in [9.17, 15) is 19.8 Å². The second-order valence-corrected chi connectivity index (χ2v) is 10.2. The van der Waals surface area contributed by atoms with Crippen LogP contribution in [0.25, 0.3) is 5.76 Å². The Bertz CT molecular complexity index is 1150. The van der Waals surface area contributed by atoms with Crippen LogP contribution in [0.2, 0.25) is 0 Å². The van der Waals surface area contributed by atoms with Gasteiger partial charge in [-0.15, -0.1) is 0 Å². The first-order valence-corrected chi connectivity index (χ1v) is 13.0. The molecule has 2 aromatic carbocycles. The average molecular weight is 510 g/mol. The number of aromatic hydroxyl groups is 1. The molecule has 2 aliphatic heterocycles. The Morgan fingerprint density at radius 3 is 2.49 bits per heavy atom. The number of aliphatic hydroxyl groups excluding tert-OH is 1. The molecule has 8 heteroatoms. The smallest absolute Gasteiger partial charge is 0.295 e.